The Hall–Kier alpha value is -3.79. The molecule has 0 bridgehead atoms. The van der Waals surface area contributed by atoms with Gasteiger partial charge in [-0.2, -0.15) is 0 Å². The Bertz CT molecular complexity index is 1380. The van der Waals surface area contributed by atoms with Crippen molar-refractivity contribution in [1.82, 2.24) is 19.9 Å². The second kappa shape index (κ2) is 13.0. The van der Waals surface area contributed by atoms with Gasteiger partial charge in [-0.25, -0.2) is 19.6 Å². The van der Waals surface area contributed by atoms with Crippen molar-refractivity contribution in [3.63, 3.8) is 0 Å². The molecule has 0 radical (unpaired) electrons. The van der Waals surface area contributed by atoms with Crippen molar-refractivity contribution in [2.75, 3.05) is 13.1 Å². The standard InChI is InChI=1S/C23H23ClN4.C4H4O4.H2O/c24-22-20-21(18-8-4-5-9-19(18)26-22)28(15-12-16-10-13-25-14-11-16)23(27-20)17-6-2-1-3-7-17;5-3(6)1-2-4(7)8;/h1-9,16,25H,10-15H2;1-2H,(H,5,6)(H,7,8);1H2/b;2-1+;. The number of aromatic nitrogens is 3. The van der Waals surface area contributed by atoms with E-state index in [0.29, 0.717) is 17.3 Å². The van der Waals surface area contributed by atoms with Gasteiger partial charge in [0.15, 0.2) is 5.15 Å². The third-order valence-electron chi connectivity index (χ3n) is 6.16. The van der Waals surface area contributed by atoms with Gasteiger partial charge < -0.3 is 25.6 Å². The van der Waals surface area contributed by atoms with Gasteiger partial charge in [0.05, 0.1) is 11.0 Å². The summed E-state index contributed by atoms with van der Waals surface area (Å²) in [5.74, 6) is -0.782. The van der Waals surface area contributed by atoms with Gasteiger partial charge in [0, 0.05) is 29.6 Å². The van der Waals surface area contributed by atoms with Gasteiger partial charge in [0.2, 0.25) is 0 Å². The minimum atomic E-state index is -1.26. The average molecular weight is 525 g/mol. The monoisotopic (exact) mass is 524 g/mol. The molecule has 2 aromatic carbocycles. The van der Waals surface area contributed by atoms with Crippen LogP contribution in [0.1, 0.15) is 19.3 Å². The van der Waals surface area contributed by atoms with Crippen LogP contribution in [0.5, 0.6) is 0 Å². The van der Waals surface area contributed by atoms with Crippen LogP contribution < -0.4 is 5.32 Å². The maximum absolute atomic E-state index is 9.55. The first-order chi connectivity index (χ1) is 17.4. The molecule has 1 fully saturated rings. The van der Waals surface area contributed by atoms with Crippen molar-refractivity contribution in [2.24, 2.45) is 5.92 Å². The van der Waals surface area contributed by atoms with E-state index in [9.17, 15) is 9.59 Å². The molecule has 1 saturated heterocycles. The fourth-order valence-corrected chi connectivity index (χ4v) is 4.67. The number of fused-ring (bicyclic) bond motifs is 3. The molecule has 1 aliphatic heterocycles. The third-order valence-corrected chi connectivity index (χ3v) is 6.42. The summed E-state index contributed by atoms with van der Waals surface area (Å²) >= 11 is 6.56. The van der Waals surface area contributed by atoms with Crippen LogP contribution in [0.25, 0.3) is 33.3 Å². The average Bonchev–Trinajstić information content (AvgIpc) is 3.28. The van der Waals surface area contributed by atoms with E-state index in [-0.39, 0.29) is 5.48 Å². The van der Waals surface area contributed by atoms with Crippen LogP contribution in [0.15, 0.2) is 66.7 Å². The third kappa shape index (κ3) is 6.91. The quantitative estimate of drug-likeness (QED) is 0.253. The Labute approximate surface area is 218 Å². The van der Waals surface area contributed by atoms with E-state index in [2.05, 4.69) is 51.3 Å². The summed E-state index contributed by atoms with van der Waals surface area (Å²) in [5, 5.41) is 20.7. The number of imidazole rings is 1. The summed E-state index contributed by atoms with van der Waals surface area (Å²) in [6.45, 7) is 3.19. The van der Waals surface area contributed by atoms with Crippen LogP contribution in [-0.2, 0) is 16.1 Å². The van der Waals surface area contributed by atoms with Crippen molar-refractivity contribution in [3.05, 3.63) is 71.9 Å². The summed E-state index contributed by atoms with van der Waals surface area (Å²) in [6.07, 6.45) is 4.76. The molecule has 0 amide bonds. The molecule has 9 nitrogen and oxygen atoms in total. The van der Waals surface area contributed by atoms with E-state index < -0.39 is 11.9 Å². The zero-order chi connectivity index (χ0) is 25.5. The number of rotatable bonds is 6. The number of nitrogens with zero attached hydrogens (tertiary/aromatic N) is 3. The van der Waals surface area contributed by atoms with Crippen LogP contribution in [-0.4, -0.2) is 55.3 Å². The van der Waals surface area contributed by atoms with Crippen molar-refractivity contribution < 1.29 is 25.3 Å². The maximum atomic E-state index is 9.55. The Morgan fingerprint density at radius 2 is 1.59 bits per heavy atom. The first-order valence-electron chi connectivity index (χ1n) is 11.8. The molecule has 5 rings (SSSR count). The zero-order valence-corrected chi connectivity index (χ0v) is 20.9. The van der Waals surface area contributed by atoms with Gasteiger partial charge in [-0.15, -0.1) is 0 Å². The molecule has 5 N–H and O–H groups in total. The molecular formula is C27H29ClN4O5. The highest BCUT2D eigenvalue weighted by Crippen LogP contribution is 2.34. The van der Waals surface area contributed by atoms with Crippen LogP contribution in [0.4, 0.5) is 0 Å². The predicted molar refractivity (Wildman–Crippen MR) is 144 cm³/mol. The normalized spacial score (nSPS) is 13.8. The first kappa shape index (κ1) is 27.8. The molecule has 0 saturated carbocycles. The number of carboxylic acids is 2. The van der Waals surface area contributed by atoms with Gasteiger partial charge in [-0.05, 0) is 44.3 Å². The van der Waals surface area contributed by atoms with E-state index >= 15 is 0 Å². The molecule has 0 spiro atoms. The van der Waals surface area contributed by atoms with Gasteiger partial charge in [0.25, 0.3) is 0 Å². The number of carboxylic acid groups (broad SMARTS) is 2. The topological polar surface area (TPSA) is 149 Å². The van der Waals surface area contributed by atoms with Crippen LogP contribution >= 0.6 is 11.6 Å². The number of benzene rings is 2. The van der Waals surface area contributed by atoms with E-state index in [1.807, 2.05) is 18.2 Å². The first-order valence-corrected chi connectivity index (χ1v) is 12.2. The van der Waals surface area contributed by atoms with Crippen molar-refractivity contribution in [3.8, 4) is 11.4 Å². The second-order valence-corrected chi connectivity index (χ2v) is 8.92. The summed E-state index contributed by atoms with van der Waals surface area (Å²) in [6, 6.07) is 18.6. The van der Waals surface area contributed by atoms with E-state index in [4.69, 9.17) is 26.8 Å². The van der Waals surface area contributed by atoms with E-state index in [0.717, 1.165) is 65.3 Å². The molecule has 0 atom stereocenters. The van der Waals surface area contributed by atoms with Gasteiger partial charge in [-0.1, -0.05) is 60.1 Å². The lowest BCUT2D eigenvalue weighted by molar-refractivity contribution is -0.134. The number of piperidine rings is 1. The Kier molecular flexibility index (Phi) is 9.73. The fourth-order valence-electron chi connectivity index (χ4n) is 4.45. The number of nitrogens with one attached hydrogen (secondary N) is 1. The van der Waals surface area contributed by atoms with E-state index in [1.54, 1.807) is 0 Å². The van der Waals surface area contributed by atoms with Gasteiger partial charge in [0.1, 0.15) is 11.3 Å². The number of halogens is 1. The van der Waals surface area contributed by atoms with Crippen LogP contribution in [0.3, 0.4) is 0 Å². The number of para-hydroxylation sites is 1. The highest BCUT2D eigenvalue weighted by atomic mass is 35.5. The smallest absolute Gasteiger partial charge is 0.328 e. The molecule has 0 aliphatic carbocycles. The lowest BCUT2D eigenvalue weighted by Gasteiger charge is -2.23. The molecule has 1 aliphatic rings. The van der Waals surface area contributed by atoms with Gasteiger partial charge >= 0.3 is 11.9 Å². The lowest BCUT2D eigenvalue weighted by atomic mass is 9.94. The molecule has 4 aromatic rings. The minimum Gasteiger partial charge on any atom is -0.478 e. The Morgan fingerprint density at radius 3 is 2.24 bits per heavy atom. The number of pyridine rings is 1. The van der Waals surface area contributed by atoms with Crippen LogP contribution in [0.2, 0.25) is 5.15 Å². The molecule has 3 heterocycles. The molecule has 10 heteroatoms. The summed E-state index contributed by atoms with van der Waals surface area (Å²) in [5.41, 5.74) is 3.93. The molecular weight excluding hydrogens is 496 g/mol. The van der Waals surface area contributed by atoms with Crippen LogP contribution in [0, 0.1) is 5.92 Å². The summed E-state index contributed by atoms with van der Waals surface area (Å²) in [7, 11) is 0. The van der Waals surface area contributed by atoms with Crippen molar-refractivity contribution in [2.45, 2.75) is 25.8 Å². The van der Waals surface area contributed by atoms with Gasteiger partial charge in [-0.3, -0.25) is 0 Å². The Morgan fingerprint density at radius 1 is 0.973 bits per heavy atom. The number of carbonyl (C=O) groups is 2. The molecule has 194 valence electrons. The zero-order valence-electron chi connectivity index (χ0n) is 20.1. The second-order valence-electron chi connectivity index (χ2n) is 8.56. The highest BCUT2D eigenvalue weighted by Gasteiger charge is 2.20. The Balaban J connectivity index is 0.000000370. The fraction of sp³-hybridized carbons (Fsp3) is 0.259. The molecule has 0 unspecified atom stereocenters. The maximum Gasteiger partial charge on any atom is 0.328 e. The number of hydrogen-bond acceptors (Lipinski definition) is 5. The van der Waals surface area contributed by atoms with Crippen molar-refractivity contribution in [1.29, 1.82) is 0 Å². The summed E-state index contributed by atoms with van der Waals surface area (Å²) < 4.78 is 2.36. The predicted octanol–water partition coefficient (Wildman–Crippen LogP) is 4.18. The van der Waals surface area contributed by atoms with E-state index in [1.165, 1.54) is 12.8 Å². The largest absolute Gasteiger partial charge is 0.478 e. The number of aliphatic carboxylic acids is 2. The minimum absolute atomic E-state index is 0. The highest BCUT2D eigenvalue weighted by molar-refractivity contribution is 6.35. The summed E-state index contributed by atoms with van der Waals surface area (Å²) in [4.78, 5) is 28.6. The number of aryl methyl sites for hydroxylation is 1. The SMILES string of the molecule is Clc1nc2ccccc2c2c1nc(-c1ccccc1)n2CCC1CCNCC1.O.O=C(O)/C=C/C(=O)O. The number of hydrogen-bond donors (Lipinski definition) is 3. The molecule has 2 aromatic heterocycles. The molecule has 37 heavy (non-hydrogen) atoms. The lowest BCUT2D eigenvalue weighted by Crippen LogP contribution is -2.28. The van der Waals surface area contributed by atoms with Crippen molar-refractivity contribution >= 4 is 45.5 Å².